The normalized spacial score (nSPS) is 12.7. The van der Waals surface area contributed by atoms with E-state index in [1.165, 1.54) is 6.07 Å². The van der Waals surface area contributed by atoms with E-state index < -0.39 is 0 Å². The molecule has 1 unspecified atom stereocenters. The predicted octanol–water partition coefficient (Wildman–Crippen LogP) is 3.75. The van der Waals surface area contributed by atoms with Gasteiger partial charge >= 0.3 is 0 Å². The van der Waals surface area contributed by atoms with Crippen molar-refractivity contribution in [3.05, 3.63) is 51.2 Å². The van der Waals surface area contributed by atoms with Crippen molar-refractivity contribution in [1.82, 2.24) is 10.3 Å². The van der Waals surface area contributed by atoms with Crippen LogP contribution in [0.25, 0.3) is 0 Å². The summed E-state index contributed by atoms with van der Waals surface area (Å²) in [6.45, 7) is 6.60. The monoisotopic (exact) mass is 264 g/mol. The van der Waals surface area contributed by atoms with E-state index in [0.29, 0.717) is 5.56 Å². The number of rotatable bonds is 4. The summed E-state index contributed by atoms with van der Waals surface area (Å²) in [5.41, 5.74) is 2.84. The highest BCUT2D eigenvalue weighted by molar-refractivity contribution is 7.09. The molecule has 0 fully saturated rings. The fraction of sp³-hybridized carbons (Fsp3) is 0.357. The summed E-state index contributed by atoms with van der Waals surface area (Å²) in [6, 6.07) is 5.43. The van der Waals surface area contributed by atoms with Crippen molar-refractivity contribution in [3.63, 3.8) is 0 Å². The van der Waals surface area contributed by atoms with Gasteiger partial charge in [0, 0.05) is 17.6 Å². The van der Waals surface area contributed by atoms with Crippen LogP contribution in [0, 0.1) is 19.7 Å². The molecule has 4 heteroatoms. The number of benzene rings is 1. The van der Waals surface area contributed by atoms with Crippen LogP contribution in [0.5, 0.6) is 0 Å². The summed E-state index contributed by atoms with van der Waals surface area (Å²) >= 11 is 1.66. The standard InChI is InChI=1S/C14H17FN2S/c1-9-6-12(4-5-13(9)15)7-16-11(3)14-17-10(2)8-18-14/h4-6,8,11,16H,7H2,1-3H3. The molecule has 1 atom stereocenters. The van der Waals surface area contributed by atoms with Gasteiger partial charge in [0.2, 0.25) is 0 Å². The van der Waals surface area contributed by atoms with E-state index >= 15 is 0 Å². The Labute approximate surface area is 111 Å². The summed E-state index contributed by atoms with van der Waals surface area (Å²) in [6.07, 6.45) is 0. The maximum atomic E-state index is 13.1. The Hall–Kier alpha value is -1.26. The van der Waals surface area contributed by atoms with Gasteiger partial charge in [0.05, 0.1) is 6.04 Å². The third-order valence-corrected chi connectivity index (χ3v) is 3.99. The van der Waals surface area contributed by atoms with Crippen LogP contribution in [0.3, 0.4) is 0 Å². The number of nitrogens with one attached hydrogen (secondary N) is 1. The van der Waals surface area contributed by atoms with Crippen LogP contribution >= 0.6 is 11.3 Å². The molecular formula is C14H17FN2S. The van der Waals surface area contributed by atoms with Gasteiger partial charge in [-0.3, -0.25) is 0 Å². The minimum Gasteiger partial charge on any atom is -0.304 e. The molecule has 1 N–H and O–H groups in total. The molecule has 1 heterocycles. The van der Waals surface area contributed by atoms with Crippen molar-refractivity contribution in [2.24, 2.45) is 0 Å². The molecule has 0 amide bonds. The zero-order valence-corrected chi connectivity index (χ0v) is 11.6. The highest BCUT2D eigenvalue weighted by atomic mass is 32.1. The Morgan fingerprint density at radius 2 is 2.17 bits per heavy atom. The lowest BCUT2D eigenvalue weighted by molar-refractivity contribution is 0.568. The molecule has 0 aliphatic heterocycles. The number of aromatic nitrogens is 1. The van der Waals surface area contributed by atoms with E-state index in [1.807, 2.05) is 19.1 Å². The second-order valence-corrected chi connectivity index (χ2v) is 5.40. The third-order valence-electron chi connectivity index (χ3n) is 2.84. The average Bonchev–Trinajstić information content (AvgIpc) is 2.77. The SMILES string of the molecule is Cc1csc(C(C)NCc2ccc(F)c(C)c2)n1. The molecule has 0 aliphatic rings. The number of nitrogens with zero attached hydrogens (tertiary/aromatic N) is 1. The molecule has 96 valence electrons. The summed E-state index contributed by atoms with van der Waals surface area (Å²) in [4.78, 5) is 4.45. The van der Waals surface area contributed by atoms with E-state index in [-0.39, 0.29) is 11.9 Å². The molecule has 0 saturated heterocycles. The lowest BCUT2D eigenvalue weighted by Crippen LogP contribution is -2.18. The highest BCUT2D eigenvalue weighted by Crippen LogP contribution is 2.18. The number of halogens is 1. The Bertz CT molecular complexity index is 536. The fourth-order valence-corrected chi connectivity index (χ4v) is 2.57. The number of thiazole rings is 1. The zero-order valence-electron chi connectivity index (χ0n) is 10.8. The molecular weight excluding hydrogens is 247 g/mol. The first-order chi connectivity index (χ1) is 8.56. The molecule has 0 radical (unpaired) electrons. The Morgan fingerprint density at radius 1 is 1.39 bits per heavy atom. The molecule has 0 saturated carbocycles. The van der Waals surface area contributed by atoms with Crippen LogP contribution in [0.1, 0.15) is 34.8 Å². The Morgan fingerprint density at radius 3 is 2.78 bits per heavy atom. The highest BCUT2D eigenvalue weighted by Gasteiger charge is 2.08. The predicted molar refractivity (Wildman–Crippen MR) is 73.2 cm³/mol. The maximum absolute atomic E-state index is 13.1. The van der Waals surface area contributed by atoms with Crippen LogP contribution in [0.4, 0.5) is 4.39 Å². The zero-order chi connectivity index (χ0) is 13.1. The largest absolute Gasteiger partial charge is 0.304 e. The van der Waals surface area contributed by atoms with Crippen molar-refractivity contribution in [1.29, 1.82) is 0 Å². The Balaban J connectivity index is 1.97. The van der Waals surface area contributed by atoms with Crippen molar-refractivity contribution in [2.45, 2.75) is 33.4 Å². The first-order valence-electron chi connectivity index (χ1n) is 5.96. The molecule has 1 aromatic carbocycles. The van der Waals surface area contributed by atoms with Crippen LogP contribution in [-0.4, -0.2) is 4.98 Å². The van der Waals surface area contributed by atoms with E-state index in [2.05, 4.69) is 22.6 Å². The number of aryl methyl sites for hydroxylation is 2. The first-order valence-corrected chi connectivity index (χ1v) is 6.84. The number of hydrogen-bond donors (Lipinski definition) is 1. The van der Waals surface area contributed by atoms with Gasteiger partial charge in [0.25, 0.3) is 0 Å². The molecule has 0 aliphatic carbocycles. The third kappa shape index (κ3) is 3.15. The van der Waals surface area contributed by atoms with Gasteiger partial charge in [-0.2, -0.15) is 0 Å². The second-order valence-electron chi connectivity index (χ2n) is 4.51. The van der Waals surface area contributed by atoms with Gasteiger partial charge in [-0.05, 0) is 38.0 Å². The van der Waals surface area contributed by atoms with Gasteiger partial charge in [-0.25, -0.2) is 9.37 Å². The van der Waals surface area contributed by atoms with E-state index in [4.69, 9.17) is 0 Å². The fourth-order valence-electron chi connectivity index (χ4n) is 1.75. The first kappa shape index (κ1) is 13.2. The van der Waals surface area contributed by atoms with Crippen LogP contribution in [-0.2, 0) is 6.54 Å². The molecule has 18 heavy (non-hydrogen) atoms. The molecule has 1 aromatic heterocycles. The summed E-state index contributed by atoms with van der Waals surface area (Å²) in [5, 5.41) is 6.54. The lowest BCUT2D eigenvalue weighted by atomic mass is 10.1. The topological polar surface area (TPSA) is 24.9 Å². The van der Waals surface area contributed by atoms with Gasteiger partial charge < -0.3 is 5.32 Å². The maximum Gasteiger partial charge on any atom is 0.126 e. The minimum absolute atomic E-state index is 0.151. The average molecular weight is 264 g/mol. The van der Waals surface area contributed by atoms with Crippen molar-refractivity contribution >= 4 is 11.3 Å². The summed E-state index contributed by atoms with van der Waals surface area (Å²) in [7, 11) is 0. The molecule has 0 bridgehead atoms. The van der Waals surface area contributed by atoms with Crippen molar-refractivity contribution in [2.75, 3.05) is 0 Å². The lowest BCUT2D eigenvalue weighted by Gasteiger charge is -2.11. The quantitative estimate of drug-likeness (QED) is 0.909. The second kappa shape index (κ2) is 5.59. The van der Waals surface area contributed by atoms with Gasteiger partial charge in [0.15, 0.2) is 0 Å². The van der Waals surface area contributed by atoms with Crippen LogP contribution < -0.4 is 5.32 Å². The van der Waals surface area contributed by atoms with Gasteiger partial charge in [0.1, 0.15) is 10.8 Å². The van der Waals surface area contributed by atoms with Crippen LogP contribution in [0.2, 0.25) is 0 Å². The minimum atomic E-state index is -0.151. The van der Waals surface area contributed by atoms with Crippen molar-refractivity contribution < 1.29 is 4.39 Å². The summed E-state index contributed by atoms with van der Waals surface area (Å²) < 4.78 is 13.1. The smallest absolute Gasteiger partial charge is 0.126 e. The molecule has 2 aromatic rings. The van der Waals surface area contributed by atoms with E-state index in [9.17, 15) is 4.39 Å². The van der Waals surface area contributed by atoms with Crippen molar-refractivity contribution in [3.8, 4) is 0 Å². The summed E-state index contributed by atoms with van der Waals surface area (Å²) in [5.74, 6) is -0.151. The van der Waals surface area contributed by atoms with Gasteiger partial charge in [-0.1, -0.05) is 12.1 Å². The van der Waals surface area contributed by atoms with Gasteiger partial charge in [-0.15, -0.1) is 11.3 Å². The number of hydrogen-bond acceptors (Lipinski definition) is 3. The van der Waals surface area contributed by atoms with E-state index in [1.54, 1.807) is 18.3 Å². The molecule has 0 spiro atoms. The molecule has 2 rings (SSSR count). The van der Waals surface area contributed by atoms with Crippen LogP contribution in [0.15, 0.2) is 23.6 Å². The molecule has 2 nitrogen and oxygen atoms in total. The Kier molecular flexibility index (Phi) is 4.09. The van der Waals surface area contributed by atoms with E-state index in [0.717, 1.165) is 22.8 Å².